The maximum Gasteiger partial charge on any atom is 0.131 e. The van der Waals surface area contributed by atoms with E-state index < -0.39 is 0 Å². The van der Waals surface area contributed by atoms with Crippen molar-refractivity contribution in [1.82, 2.24) is 9.55 Å². The summed E-state index contributed by atoms with van der Waals surface area (Å²) >= 11 is 0. The number of rotatable bonds is 5. The normalized spacial score (nSPS) is 11.2. The van der Waals surface area contributed by atoms with Crippen molar-refractivity contribution in [3.8, 4) is 11.3 Å². The third-order valence-corrected chi connectivity index (χ3v) is 3.59. The highest BCUT2D eigenvalue weighted by Crippen LogP contribution is 2.27. The summed E-state index contributed by atoms with van der Waals surface area (Å²) < 4.78 is 2.09. The van der Waals surface area contributed by atoms with E-state index in [-0.39, 0.29) is 0 Å². The molecule has 0 bridgehead atoms. The number of anilines is 1. The van der Waals surface area contributed by atoms with E-state index >= 15 is 0 Å². The van der Waals surface area contributed by atoms with Crippen molar-refractivity contribution < 1.29 is 0 Å². The van der Waals surface area contributed by atoms with Gasteiger partial charge in [0.25, 0.3) is 0 Å². The van der Waals surface area contributed by atoms with Gasteiger partial charge in [-0.15, -0.1) is 0 Å². The molecule has 0 amide bonds. The number of nitrogen functional groups attached to an aromatic ring is 1. The van der Waals surface area contributed by atoms with Crippen molar-refractivity contribution >= 4 is 5.82 Å². The molecule has 0 saturated carbocycles. The fourth-order valence-corrected chi connectivity index (χ4v) is 2.62. The van der Waals surface area contributed by atoms with Gasteiger partial charge in [0.2, 0.25) is 0 Å². The molecule has 0 aliphatic rings. The lowest BCUT2D eigenvalue weighted by Crippen LogP contribution is -2.04. The van der Waals surface area contributed by atoms with Gasteiger partial charge in [-0.3, -0.25) is 0 Å². The van der Waals surface area contributed by atoms with Crippen molar-refractivity contribution in [3.05, 3.63) is 35.7 Å². The third kappa shape index (κ3) is 2.87. The molecule has 0 saturated heterocycles. The van der Waals surface area contributed by atoms with Crippen molar-refractivity contribution in [2.45, 2.75) is 47.1 Å². The molecule has 0 aliphatic carbocycles. The van der Waals surface area contributed by atoms with Crippen LogP contribution in [0.15, 0.2) is 24.3 Å². The Morgan fingerprint density at radius 1 is 1.15 bits per heavy atom. The van der Waals surface area contributed by atoms with Crippen LogP contribution < -0.4 is 5.73 Å². The Kier molecular flexibility index (Phi) is 4.48. The Labute approximate surface area is 121 Å². The number of nitrogens with zero attached hydrogens (tertiary/aromatic N) is 2. The molecule has 2 aromatic rings. The van der Waals surface area contributed by atoms with Gasteiger partial charge in [0, 0.05) is 18.5 Å². The fourth-order valence-electron chi connectivity index (χ4n) is 2.62. The van der Waals surface area contributed by atoms with E-state index in [1.165, 1.54) is 5.56 Å². The Balaban J connectivity index is 2.34. The second kappa shape index (κ2) is 6.12. The van der Waals surface area contributed by atoms with Gasteiger partial charge in [0.15, 0.2) is 0 Å². The molecule has 0 spiro atoms. The molecule has 0 atom stereocenters. The lowest BCUT2D eigenvalue weighted by molar-refractivity contribution is 0.647. The number of benzene rings is 1. The molecule has 1 heterocycles. The van der Waals surface area contributed by atoms with E-state index in [2.05, 4.69) is 56.5 Å². The van der Waals surface area contributed by atoms with Crippen LogP contribution in [0.2, 0.25) is 0 Å². The largest absolute Gasteiger partial charge is 0.383 e. The zero-order valence-electron chi connectivity index (χ0n) is 13.0. The summed E-state index contributed by atoms with van der Waals surface area (Å²) in [5.41, 5.74) is 9.63. The molecule has 0 unspecified atom stereocenters. The predicted molar refractivity (Wildman–Crippen MR) is 85.7 cm³/mol. The quantitative estimate of drug-likeness (QED) is 0.896. The first-order valence-corrected chi connectivity index (χ1v) is 7.50. The summed E-state index contributed by atoms with van der Waals surface area (Å²) in [6.45, 7) is 9.56. The van der Waals surface area contributed by atoms with E-state index in [0.717, 1.165) is 42.3 Å². The first-order valence-electron chi connectivity index (χ1n) is 7.50. The van der Waals surface area contributed by atoms with Crippen LogP contribution in [0.5, 0.6) is 0 Å². The van der Waals surface area contributed by atoms with Gasteiger partial charge in [0.05, 0.1) is 0 Å². The first-order chi connectivity index (χ1) is 9.56. The van der Waals surface area contributed by atoms with E-state index in [0.29, 0.717) is 5.92 Å². The summed E-state index contributed by atoms with van der Waals surface area (Å²) in [6, 6.07) is 8.64. The summed E-state index contributed by atoms with van der Waals surface area (Å²) in [6.07, 6.45) is 2.02. The minimum absolute atomic E-state index is 0.678. The molecular formula is C17H25N3. The Morgan fingerprint density at radius 2 is 1.80 bits per heavy atom. The highest BCUT2D eigenvalue weighted by Gasteiger charge is 2.13. The Hall–Kier alpha value is -1.77. The number of hydrogen-bond acceptors (Lipinski definition) is 2. The minimum Gasteiger partial charge on any atom is -0.383 e. The molecule has 3 nitrogen and oxygen atoms in total. The second-order valence-electron chi connectivity index (χ2n) is 5.65. The van der Waals surface area contributed by atoms with Crippen LogP contribution >= 0.6 is 0 Å². The van der Waals surface area contributed by atoms with Crippen molar-refractivity contribution in [2.24, 2.45) is 5.92 Å². The molecule has 0 fully saturated rings. The molecule has 2 N–H and O–H groups in total. The molecule has 20 heavy (non-hydrogen) atoms. The van der Waals surface area contributed by atoms with E-state index in [9.17, 15) is 0 Å². The SMILES string of the molecule is CCc1nc(-c2ccc(CC(C)C)cc2)c(N)n1CC. The van der Waals surface area contributed by atoms with Gasteiger partial charge in [-0.2, -0.15) is 0 Å². The lowest BCUT2D eigenvalue weighted by atomic mass is 10.0. The average molecular weight is 271 g/mol. The van der Waals surface area contributed by atoms with Crippen LogP contribution in [0.25, 0.3) is 11.3 Å². The smallest absolute Gasteiger partial charge is 0.131 e. The van der Waals surface area contributed by atoms with Gasteiger partial charge < -0.3 is 10.3 Å². The number of hydrogen-bond donors (Lipinski definition) is 1. The number of aryl methyl sites for hydroxylation is 1. The summed E-state index contributed by atoms with van der Waals surface area (Å²) in [5.74, 6) is 2.52. The minimum atomic E-state index is 0.678. The van der Waals surface area contributed by atoms with Crippen LogP contribution in [-0.2, 0) is 19.4 Å². The summed E-state index contributed by atoms with van der Waals surface area (Å²) in [5, 5.41) is 0. The molecule has 0 aliphatic heterocycles. The lowest BCUT2D eigenvalue weighted by Gasteiger charge is -2.06. The standard InChI is InChI=1S/C17H25N3/c1-5-15-19-16(17(18)20(15)6-2)14-9-7-13(8-10-14)11-12(3)4/h7-10,12H,5-6,11,18H2,1-4H3. The average Bonchev–Trinajstić information content (AvgIpc) is 2.75. The maximum atomic E-state index is 6.24. The van der Waals surface area contributed by atoms with Gasteiger partial charge >= 0.3 is 0 Å². The van der Waals surface area contributed by atoms with Crippen LogP contribution in [0, 0.1) is 5.92 Å². The fraction of sp³-hybridized carbons (Fsp3) is 0.471. The predicted octanol–water partition coefficient (Wildman–Crippen LogP) is 3.91. The van der Waals surface area contributed by atoms with E-state index in [4.69, 9.17) is 10.7 Å². The number of aromatic nitrogens is 2. The summed E-state index contributed by atoms with van der Waals surface area (Å²) in [7, 11) is 0. The van der Waals surface area contributed by atoms with Crippen LogP contribution in [-0.4, -0.2) is 9.55 Å². The molecule has 3 heteroatoms. The third-order valence-electron chi connectivity index (χ3n) is 3.59. The van der Waals surface area contributed by atoms with Gasteiger partial charge in [-0.05, 0) is 24.8 Å². The summed E-state index contributed by atoms with van der Waals surface area (Å²) in [4.78, 5) is 4.70. The maximum absolute atomic E-state index is 6.24. The van der Waals surface area contributed by atoms with Crippen LogP contribution in [0.4, 0.5) is 5.82 Å². The van der Waals surface area contributed by atoms with Gasteiger partial charge in [0.1, 0.15) is 17.3 Å². The van der Waals surface area contributed by atoms with E-state index in [1.807, 2.05) is 0 Å². The zero-order chi connectivity index (χ0) is 14.7. The monoisotopic (exact) mass is 271 g/mol. The highest BCUT2D eigenvalue weighted by molar-refractivity contribution is 5.71. The highest BCUT2D eigenvalue weighted by atomic mass is 15.1. The topological polar surface area (TPSA) is 43.8 Å². The second-order valence-corrected chi connectivity index (χ2v) is 5.65. The first kappa shape index (κ1) is 14.6. The van der Waals surface area contributed by atoms with Gasteiger partial charge in [-0.25, -0.2) is 4.98 Å². The van der Waals surface area contributed by atoms with Crippen molar-refractivity contribution in [2.75, 3.05) is 5.73 Å². The zero-order valence-corrected chi connectivity index (χ0v) is 13.0. The van der Waals surface area contributed by atoms with Crippen LogP contribution in [0.1, 0.15) is 39.1 Å². The Bertz CT molecular complexity index is 565. The van der Waals surface area contributed by atoms with E-state index in [1.54, 1.807) is 0 Å². The molecule has 108 valence electrons. The van der Waals surface area contributed by atoms with Crippen LogP contribution in [0.3, 0.4) is 0 Å². The molecular weight excluding hydrogens is 246 g/mol. The number of nitrogens with two attached hydrogens (primary N) is 1. The van der Waals surface area contributed by atoms with Gasteiger partial charge in [-0.1, -0.05) is 45.0 Å². The molecule has 2 rings (SSSR count). The Morgan fingerprint density at radius 3 is 2.25 bits per heavy atom. The van der Waals surface area contributed by atoms with Crippen molar-refractivity contribution in [1.29, 1.82) is 0 Å². The molecule has 1 aromatic carbocycles. The van der Waals surface area contributed by atoms with Crippen molar-refractivity contribution in [3.63, 3.8) is 0 Å². The number of imidazole rings is 1. The molecule has 1 aromatic heterocycles. The molecule has 0 radical (unpaired) electrons.